The first-order chi connectivity index (χ1) is 15.6. The number of hydrogen-bond donors (Lipinski definition) is 1. The third-order valence-electron chi connectivity index (χ3n) is 5.18. The topological polar surface area (TPSA) is 67.9 Å². The van der Waals surface area contributed by atoms with Gasteiger partial charge in [0.25, 0.3) is 0 Å². The average Bonchev–Trinajstić information content (AvgIpc) is 2.75. The fourth-order valence-corrected chi connectivity index (χ4v) is 3.61. The minimum Gasteiger partial charge on any atom is -0.497 e. The van der Waals surface area contributed by atoms with E-state index in [1.54, 1.807) is 12.0 Å². The van der Waals surface area contributed by atoms with Gasteiger partial charge in [0.05, 0.1) is 13.7 Å². The van der Waals surface area contributed by atoms with Crippen molar-refractivity contribution in [3.63, 3.8) is 0 Å². The molecular formula is C27H38N2O4. The molecule has 0 radical (unpaired) electrons. The first-order valence-electron chi connectivity index (χ1n) is 11.6. The minimum atomic E-state index is -0.528. The highest BCUT2D eigenvalue weighted by molar-refractivity contribution is 5.88. The highest BCUT2D eigenvalue weighted by Crippen LogP contribution is 2.19. The Balaban J connectivity index is 2.06. The Hall–Kier alpha value is -3.02. The Bertz CT molecular complexity index is 903. The Morgan fingerprint density at radius 1 is 1.06 bits per heavy atom. The largest absolute Gasteiger partial charge is 0.497 e. The molecule has 0 aliphatic heterocycles. The molecule has 0 heterocycles. The second kappa shape index (κ2) is 12.3. The van der Waals surface area contributed by atoms with Gasteiger partial charge < -0.3 is 19.7 Å². The molecule has 0 aliphatic carbocycles. The van der Waals surface area contributed by atoms with Gasteiger partial charge in [-0.25, -0.2) is 0 Å². The van der Waals surface area contributed by atoms with Crippen molar-refractivity contribution in [2.75, 3.05) is 13.7 Å². The van der Waals surface area contributed by atoms with E-state index in [1.165, 1.54) is 0 Å². The summed E-state index contributed by atoms with van der Waals surface area (Å²) in [5.74, 6) is 1.32. The van der Waals surface area contributed by atoms with Gasteiger partial charge in [0.1, 0.15) is 17.5 Å². The molecule has 33 heavy (non-hydrogen) atoms. The maximum atomic E-state index is 13.3. The molecule has 6 heteroatoms. The van der Waals surface area contributed by atoms with Crippen molar-refractivity contribution < 1.29 is 19.1 Å². The van der Waals surface area contributed by atoms with Gasteiger partial charge in [-0.2, -0.15) is 0 Å². The monoisotopic (exact) mass is 454 g/mol. The van der Waals surface area contributed by atoms with E-state index < -0.39 is 6.04 Å². The lowest BCUT2D eigenvalue weighted by molar-refractivity contribution is -0.142. The van der Waals surface area contributed by atoms with Crippen molar-refractivity contribution in [3.05, 3.63) is 59.7 Å². The van der Waals surface area contributed by atoms with Crippen molar-refractivity contribution in [1.82, 2.24) is 10.2 Å². The molecule has 0 saturated carbocycles. The first kappa shape index (κ1) is 26.2. The lowest BCUT2D eigenvalue weighted by atomic mass is 10.0. The summed E-state index contributed by atoms with van der Waals surface area (Å²) in [4.78, 5) is 28.0. The number of carbonyl (C=O) groups is 2. The minimum absolute atomic E-state index is 0.0502. The second-order valence-corrected chi connectivity index (χ2v) is 9.30. The third-order valence-corrected chi connectivity index (χ3v) is 5.18. The molecule has 0 bridgehead atoms. The third kappa shape index (κ3) is 8.79. The number of nitrogens with zero attached hydrogens (tertiary/aromatic N) is 1. The Morgan fingerprint density at radius 2 is 1.73 bits per heavy atom. The lowest BCUT2D eigenvalue weighted by Crippen LogP contribution is -2.53. The molecule has 0 spiro atoms. The van der Waals surface area contributed by atoms with Crippen molar-refractivity contribution in [2.45, 2.75) is 72.0 Å². The molecule has 2 amide bonds. The van der Waals surface area contributed by atoms with Gasteiger partial charge in [0.15, 0.2) is 0 Å². The van der Waals surface area contributed by atoms with Crippen LogP contribution in [0.2, 0.25) is 0 Å². The van der Waals surface area contributed by atoms with Gasteiger partial charge in [-0.05, 0) is 70.4 Å². The zero-order valence-corrected chi connectivity index (χ0v) is 20.8. The van der Waals surface area contributed by atoms with Crippen LogP contribution < -0.4 is 14.8 Å². The van der Waals surface area contributed by atoms with Crippen LogP contribution in [0.3, 0.4) is 0 Å². The van der Waals surface area contributed by atoms with Gasteiger partial charge in [-0.3, -0.25) is 9.59 Å². The van der Waals surface area contributed by atoms with Gasteiger partial charge in [0, 0.05) is 18.5 Å². The van der Waals surface area contributed by atoms with Crippen LogP contribution in [0.4, 0.5) is 0 Å². The van der Waals surface area contributed by atoms with Crippen LogP contribution in [0.5, 0.6) is 11.5 Å². The summed E-state index contributed by atoms with van der Waals surface area (Å²) in [6, 6.07) is 14.9. The molecule has 6 nitrogen and oxygen atoms in total. The number of carbonyl (C=O) groups excluding carboxylic acids is 2. The van der Waals surface area contributed by atoms with Crippen LogP contribution in [0.25, 0.3) is 0 Å². The number of nitrogens with one attached hydrogen (secondary N) is 1. The Labute approximate surface area is 198 Å². The summed E-state index contributed by atoms with van der Waals surface area (Å²) in [6.45, 7) is 10.6. The number of methoxy groups -OCH3 is 1. The van der Waals surface area contributed by atoms with Crippen molar-refractivity contribution in [1.29, 1.82) is 0 Å². The van der Waals surface area contributed by atoms with E-state index in [2.05, 4.69) is 11.4 Å². The molecule has 0 fully saturated rings. The average molecular weight is 455 g/mol. The predicted octanol–water partition coefficient (Wildman–Crippen LogP) is 4.88. The number of aryl methyl sites for hydroxylation is 1. The van der Waals surface area contributed by atoms with E-state index >= 15 is 0 Å². The normalized spacial score (nSPS) is 12.1. The van der Waals surface area contributed by atoms with E-state index in [-0.39, 0.29) is 17.4 Å². The van der Waals surface area contributed by atoms with Crippen LogP contribution in [0.1, 0.15) is 58.1 Å². The SMILES string of the molecule is CC[C@H](C(=O)NC(C)(C)C)N(Cc1cccc(C)c1)C(=O)CCCOc1ccc(OC)cc1. The van der Waals surface area contributed by atoms with Gasteiger partial charge in [0.2, 0.25) is 11.8 Å². The van der Waals surface area contributed by atoms with E-state index in [0.29, 0.717) is 32.4 Å². The molecule has 2 rings (SSSR count). The number of hydrogen-bond acceptors (Lipinski definition) is 4. The van der Waals surface area contributed by atoms with Crippen LogP contribution in [0.15, 0.2) is 48.5 Å². The highest BCUT2D eigenvalue weighted by atomic mass is 16.5. The van der Waals surface area contributed by atoms with Crippen molar-refractivity contribution in [3.8, 4) is 11.5 Å². The van der Waals surface area contributed by atoms with Crippen LogP contribution in [0, 0.1) is 6.92 Å². The van der Waals surface area contributed by atoms with Gasteiger partial charge >= 0.3 is 0 Å². The standard InChI is InChI=1S/C27H38N2O4/c1-7-24(26(31)28-27(3,4)5)29(19-21-11-8-10-20(2)18-21)25(30)12-9-17-33-23-15-13-22(32-6)14-16-23/h8,10-11,13-16,18,24H,7,9,12,17,19H2,1-6H3,(H,28,31)/t24-/m1/s1. The molecule has 1 N–H and O–H groups in total. The lowest BCUT2D eigenvalue weighted by Gasteiger charge is -2.33. The fourth-order valence-electron chi connectivity index (χ4n) is 3.61. The number of ether oxygens (including phenoxy) is 2. The summed E-state index contributed by atoms with van der Waals surface area (Å²) < 4.78 is 10.9. The highest BCUT2D eigenvalue weighted by Gasteiger charge is 2.30. The molecule has 2 aromatic carbocycles. The van der Waals surface area contributed by atoms with Gasteiger partial charge in [-0.1, -0.05) is 36.8 Å². The Kier molecular flexibility index (Phi) is 9.76. The van der Waals surface area contributed by atoms with Gasteiger partial charge in [-0.15, -0.1) is 0 Å². The Morgan fingerprint density at radius 3 is 2.30 bits per heavy atom. The van der Waals surface area contributed by atoms with Crippen molar-refractivity contribution in [2.24, 2.45) is 0 Å². The zero-order chi connectivity index (χ0) is 24.4. The maximum Gasteiger partial charge on any atom is 0.243 e. The summed E-state index contributed by atoms with van der Waals surface area (Å²) in [7, 11) is 1.62. The van der Waals surface area contributed by atoms with Crippen LogP contribution in [-0.2, 0) is 16.1 Å². The molecule has 0 saturated heterocycles. The molecule has 0 unspecified atom stereocenters. The fraction of sp³-hybridized carbons (Fsp3) is 0.481. The first-order valence-corrected chi connectivity index (χ1v) is 11.6. The quantitative estimate of drug-likeness (QED) is 0.491. The van der Waals surface area contributed by atoms with E-state index in [4.69, 9.17) is 9.47 Å². The number of amides is 2. The van der Waals surface area contributed by atoms with E-state index in [1.807, 2.05) is 77.1 Å². The van der Waals surface area contributed by atoms with E-state index in [0.717, 1.165) is 22.6 Å². The molecule has 2 aromatic rings. The molecule has 180 valence electrons. The summed E-state index contributed by atoms with van der Waals surface area (Å²) in [5, 5.41) is 3.03. The van der Waals surface area contributed by atoms with E-state index in [9.17, 15) is 9.59 Å². The van der Waals surface area contributed by atoms with Crippen LogP contribution in [-0.4, -0.2) is 42.0 Å². The molecule has 0 aliphatic rings. The molecule has 0 aromatic heterocycles. The molecule has 1 atom stereocenters. The van der Waals surface area contributed by atoms with Crippen molar-refractivity contribution >= 4 is 11.8 Å². The van der Waals surface area contributed by atoms with Crippen LogP contribution >= 0.6 is 0 Å². The summed E-state index contributed by atoms with van der Waals surface area (Å²) >= 11 is 0. The smallest absolute Gasteiger partial charge is 0.243 e. The second-order valence-electron chi connectivity index (χ2n) is 9.30. The number of benzene rings is 2. The summed E-state index contributed by atoms with van der Waals surface area (Å²) in [5.41, 5.74) is 1.77. The maximum absolute atomic E-state index is 13.3. The predicted molar refractivity (Wildman–Crippen MR) is 131 cm³/mol. The zero-order valence-electron chi connectivity index (χ0n) is 20.8. The molecular weight excluding hydrogens is 416 g/mol. The summed E-state index contributed by atoms with van der Waals surface area (Å²) in [6.07, 6.45) is 1.41. The number of rotatable bonds is 11.